The number of hydrogen-bond acceptors (Lipinski definition) is 4. The molecule has 1 fully saturated rings. The summed E-state index contributed by atoms with van der Waals surface area (Å²) < 4.78 is 5.79. The van der Waals surface area contributed by atoms with Crippen molar-refractivity contribution in [2.75, 3.05) is 0 Å². The van der Waals surface area contributed by atoms with Crippen LogP contribution in [0.3, 0.4) is 0 Å². The maximum atomic E-state index is 5.79. The van der Waals surface area contributed by atoms with Crippen LogP contribution in [0.15, 0.2) is 4.42 Å². The Kier molecular flexibility index (Phi) is 3.82. The van der Waals surface area contributed by atoms with Crippen LogP contribution in [-0.2, 0) is 12.0 Å². The van der Waals surface area contributed by atoms with E-state index < -0.39 is 0 Å². The molecule has 0 unspecified atom stereocenters. The van der Waals surface area contributed by atoms with E-state index >= 15 is 0 Å². The maximum absolute atomic E-state index is 5.79. The molecule has 17 heavy (non-hydrogen) atoms. The number of nitrogens with one attached hydrogen (secondary N) is 1. The van der Waals surface area contributed by atoms with Gasteiger partial charge in [0.15, 0.2) is 0 Å². The van der Waals surface area contributed by atoms with Gasteiger partial charge in [-0.25, -0.2) is 0 Å². The summed E-state index contributed by atoms with van der Waals surface area (Å²) in [6.45, 7) is 7.14. The Bertz CT molecular complexity index is 353. The number of rotatable bonds is 4. The monoisotopic (exact) mass is 237 g/mol. The first-order valence-corrected chi connectivity index (χ1v) is 6.66. The molecule has 1 aromatic rings. The molecule has 4 heteroatoms. The largest absolute Gasteiger partial charge is 0.423 e. The lowest BCUT2D eigenvalue weighted by Crippen LogP contribution is -2.25. The maximum Gasteiger partial charge on any atom is 0.230 e. The highest BCUT2D eigenvalue weighted by Crippen LogP contribution is 2.38. The molecule has 96 valence electrons. The lowest BCUT2D eigenvalue weighted by Gasteiger charge is -2.29. The van der Waals surface area contributed by atoms with Crippen LogP contribution in [0.5, 0.6) is 0 Å². The van der Waals surface area contributed by atoms with E-state index in [-0.39, 0.29) is 5.41 Å². The van der Waals surface area contributed by atoms with Gasteiger partial charge in [-0.2, -0.15) is 0 Å². The summed E-state index contributed by atoms with van der Waals surface area (Å²) in [5, 5.41) is 11.7. The van der Waals surface area contributed by atoms with E-state index in [2.05, 4.69) is 36.3 Å². The molecular formula is C13H23N3O. The third-order valence-electron chi connectivity index (χ3n) is 3.60. The van der Waals surface area contributed by atoms with Gasteiger partial charge in [0.1, 0.15) is 0 Å². The normalized spacial score (nSPS) is 19.8. The topological polar surface area (TPSA) is 51.0 Å². The number of aromatic nitrogens is 2. The van der Waals surface area contributed by atoms with Crippen molar-refractivity contribution in [3.8, 4) is 0 Å². The van der Waals surface area contributed by atoms with E-state index in [0.717, 1.165) is 5.89 Å². The highest BCUT2D eigenvalue weighted by Gasteiger charge is 2.34. The SMILES string of the molecule is CC(C)NCc1nnc(C2(C)CCCCC2)o1. The average Bonchev–Trinajstić information content (AvgIpc) is 2.76. The van der Waals surface area contributed by atoms with E-state index in [4.69, 9.17) is 4.42 Å². The number of nitrogens with zero attached hydrogens (tertiary/aromatic N) is 2. The molecule has 0 radical (unpaired) electrons. The van der Waals surface area contributed by atoms with Crippen LogP contribution in [0, 0.1) is 0 Å². The summed E-state index contributed by atoms with van der Waals surface area (Å²) in [5.41, 5.74) is 0.112. The van der Waals surface area contributed by atoms with Crippen molar-refractivity contribution in [3.63, 3.8) is 0 Å². The molecule has 1 aromatic heterocycles. The highest BCUT2D eigenvalue weighted by molar-refractivity contribution is 5.03. The van der Waals surface area contributed by atoms with Crippen LogP contribution in [0.2, 0.25) is 0 Å². The average molecular weight is 237 g/mol. The smallest absolute Gasteiger partial charge is 0.230 e. The van der Waals surface area contributed by atoms with Crippen LogP contribution in [0.4, 0.5) is 0 Å². The van der Waals surface area contributed by atoms with Gasteiger partial charge in [0.05, 0.1) is 6.54 Å². The molecule has 1 aliphatic carbocycles. The van der Waals surface area contributed by atoms with E-state index in [0.29, 0.717) is 18.5 Å². The van der Waals surface area contributed by atoms with Crippen LogP contribution >= 0.6 is 0 Å². The summed E-state index contributed by atoms with van der Waals surface area (Å²) >= 11 is 0. The molecule has 2 rings (SSSR count). The Hall–Kier alpha value is -0.900. The third kappa shape index (κ3) is 3.06. The molecule has 1 aliphatic rings. The quantitative estimate of drug-likeness (QED) is 0.875. The second-order valence-electron chi connectivity index (χ2n) is 5.66. The molecule has 0 amide bonds. The molecule has 0 bridgehead atoms. The van der Waals surface area contributed by atoms with Gasteiger partial charge in [-0.1, -0.05) is 40.0 Å². The van der Waals surface area contributed by atoms with Gasteiger partial charge in [-0.15, -0.1) is 10.2 Å². The zero-order chi connectivity index (χ0) is 12.3. The summed E-state index contributed by atoms with van der Waals surface area (Å²) in [5.74, 6) is 1.54. The van der Waals surface area contributed by atoms with Crippen molar-refractivity contribution >= 4 is 0 Å². The molecule has 4 nitrogen and oxygen atoms in total. The predicted octanol–water partition coefficient (Wildman–Crippen LogP) is 2.79. The molecule has 0 atom stereocenters. The molecule has 1 saturated carbocycles. The summed E-state index contributed by atoms with van der Waals surface area (Å²) in [7, 11) is 0. The lowest BCUT2D eigenvalue weighted by molar-refractivity contribution is 0.250. The molecule has 0 aromatic carbocycles. The first-order chi connectivity index (χ1) is 8.10. The molecule has 0 saturated heterocycles. The van der Waals surface area contributed by atoms with Gasteiger partial charge in [-0.3, -0.25) is 0 Å². The second kappa shape index (κ2) is 5.17. The minimum absolute atomic E-state index is 0.112. The zero-order valence-electron chi connectivity index (χ0n) is 11.1. The molecule has 1 heterocycles. The fraction of sp³-hybridized carbons (Fsp3) is 0.846. The van der Waals surface area contributed by atoms with E-state index in [9.17, 15) is 0 Å². The van der Waals surface area contributed by atoms with E-state index in [1.807, 2.05) is 0 Å². The molecule has 0 aliphatic heterocycles. The lowest BCUT2D eigenvalue weighted by atomic mass is 9.76. The Morgan fingerprint density at radius 1 is 1.24 bits per heavy atom. The first kappa shape index (κ1) is 12.6. The van der Waals surface area contributed by atoms with Crippen LogP contribution in [-0.4, -0.2) is 16.2 Å². The summed E-state index contributed by atoms with van der Waals surface area (Å²) in [4.78, 5) is 0. The zero-order valence-corrected chi connectivity index (χ0v) is 11.1. The van der Waals surface area contributed by atoms with Crippen molar-refractivity contribution in [1.82, 2.24) is 15.5 Å². The van der Waals surface area contributed by atoms with Crippen LogP contribution in [0.1, 0.15) is 64.7 Å². The Morgan fingerprint density at radius 3 is 2.59 bits per heavy atom. The third-order valence-corrected chi connectivity index (χ3v) is 3.60. The van der Waals surface area contributed by atoms with Gasteiger partial charge in [-0.05, 0) is 12.8 Å². The first-order valence-electron chi connectivity index (χ1n) is 6.66. The van der Waals surface area contributed by atoms with E-state index in [1.54, 1.807) is 0 Å². The molecule has 1 N–H and O–H groups in total. The molecule has 0 spiro atoms. The fourth-order valence-electron chi connectivity index (χ4n) is 2.41. The fourth-order valence-corrected chi connectivity index (χ4v) is 2.41. The van der Waals surface area contributed by atoms with Crippen molar-refractivity contribution < 1.29 is 4.42 Å². The van der Waals surface area contributed by atoms with Gasteiger partial charge in [0.2, 0.25) is 11.8 Å². The van der Waals surface area contributed by atoms with E-state index in [1.165, 1.54) is 32.1 Å². The van der Waals surface area contributed by atoms with Gasteiger partial charge < -0.3 is 9.73 Å². The van der Waals surface area contributed by atoms with Gasteiger partial charge >= 0.3 is 0 Å². The second-order valence-corrected chi connectivity index (χ2v) is 5.66. The van der Waals surface area contributed by atoms with Crippen LogP contribution < -0.4 is 5.32 Å². The Morgan fingerprint density at radius 2 is 1.94 bits per heavy atom. The summed E-state index contributed by atoms with van der Waals surface area (Å²) in [6.07, 6.45) is 6.24. The van der Waals surface area contributed by atoms with Crippen molar-refractivity contribution in [3.05, 3.63) is 11.8 Å². The Balaban J connectivity index is 2.01. The highest BCUT2D eigenvalue weighted by atomic mass is 16.4. The minimum Gasteiger partial charge on any atom is -0.423 e. The van der Waals surface area contributed by atoms with Crippen LogP contribution in [0.25, 0.3) is 0 Å². The summed E-state index contributed by atoms with van der Waals surface area (Å²) in [6, 6.07) is 0.440. The van der Waals surface area contributed by atoms with Gasteiger partial charge in [0.25, 0.3) is 0 Å². The standard InChI is InChI=1S/C13H23N3O/c1-10(2)14-9-11-15-16-12(17-11)13(3)7-5-4-6-8-13/h10,14H,4-9H2,1-3H3. The van der Waals surface area contributed by atoms with Crippen molar-refractivity contribution in [1.29, 1.82) is 0 Å². The minimum atomic E-state index is 0.112. The Labute approximate surface area is 103 Å². The predicted molar refractivity (Wildman–Crippen MR) is 66.7 cm³/mol. The molecular weight excluding hydrogens is 214 g/mol. The number of hydrogen-bond donors (Lipinski definition) is 1. The van der Waals surface area contributed by atoms with Crippen molar-refractivity contribution in [2.45, 2.75) is 70.9 Å². The van der Waals surface area contributed by atoms with Crippen molar-refractivity contribution in [2.24, 2.45) is 0 Å². The van der Waals surface area contributed by atoms with Gasteiger partial charge in [0, 0.05) is 11.5 Å².